The maximum absolute atomic E-state index is 5.55. The molecule has 1 aromatic rings. The van der Waals surface area contributed by atoms with Crippen LogP contribution in [0.25, 0.3) is 0 Å². The topological polar surface area (TPSA) is 38.9 Å². The second-order valence-corrected chi connectivity index (χ2v) is 3.07. The van der Waals surface area contributed by atoms with Crippen LogP contribution in [-0.4, -0.2) is 4.98 Å². The molecule has 0 aliphatic rings. The van der Waals surface area contributed by atoms with Crippen LogP contribution < -0.4 is 5.73 Å². The monoisotopic (exact) mass is 162 g/mol. The van der Waals surface area contributed by atoms with Gasteiger partial charge < -0.3 is 5.73 Å². The summed E-state index contributed by atoms with van der Waals surface area (Å²) in [5.74, 6) is 0. The van der Waals surface area contributed by atoms with Crippen molar-refractivity contribution in [2.75, 3.05) is 0 Å². The predicted molar refractivity (Wildman–Crippen MR) is 39.7 cm³/mol. The maximum Gasteiger partial charge on any atom is 0.140 e. The molecule has 0 fully saturated rings. The summed E-state index contributed by atoms with van der Waals surface area (Å²) < 4.78 is 0. The molecule has 0 aliphatic heterocycles. The van der Waals surface area contributed by atoms with Gasteiger partial charge in [0.05, 0.1) is 6.04 Å². The summed E-state index contributed by atoms with van der Waals surface area (Å²) in [5.41, 5.74) is 5.52. The molecule has 0 radical (unpaired) electrons. The first kappa shape index (κ1) is 6.99. The lowest BCUT2D eigenvalue weighted by atomic mass is 10.4. The van der Waals surface area contributed by atoms with Crippen LogP contribution in [0.5, 0.6) is 0 Å². The molecule has 0 spiro atoms. The molecule has 0 saturated heterocycles. The maximum atomic E-state index is 5.55. The van der Waals surface area contributed by atoms with Gasteiger partial charge in [-0.1, -0.05) is 11.6 Å². The van der Waals surface area contributed by atoms with Gasteiger partial charge in [0.15, 0.2) is 0 Å². The lowest BCUT2D eigenvalue weighted by Gasteiger charge is -1.94. The van der Waals surface area contributed by atoms with E-state index in [1.54, 1.807) is 5.38 Å². The molecule has 1 heterocycles. The zero-order valence-electron chi connectivity index (χ0n) is 4.97. The van der Waals surface area contributed by atoms with Crippen molar-refractivity contribution in [3.05, 3.63) is 15.5 Å². The number of rotatable bonds is 1. The van der Waals surface area contributed by atoms with Crippen molar-refractivity contribution in [1.29, 1.82) is 0 Å². The number of aromatic nitrogens is 1. The lowest BCUT2D eigenvalue weighted by Crippen LogP contribution is -2.03. The van der Waals surface area contributed by atoms with Gasteiger partial charge in [0.1, 0.15) is 10.2 Å². The Bertz CT molecular complexity index is 197. The summed E-state index contributed by atoms with van der Waals surface area (Å²) in [5, 5.41) is 3.20. The van der Waals surface area contributed by atoms with E-state index in [0.717, 1.165) is 5.01 Å². The van der Waals surface area contributed by atoms with Crippen LogP contribution in [0.15, 0.2) is 5.38 Å². The number of hydrogen-bond donors (Lipinski definition) is 1. The smallest absolute Gasteiger partial charge is 0.140 e. The minimum atomic E-state index is 0.00231. The van der Waals surface area contributed by atoms with Gasteiger partial charge >= 0.3 is 0 Å². The molecule has 0 aromatic carbocycles. The Balaban J connectivity index is 2.85. The molecule has 0 amide bonds. The van der Waals surface area contributed by atoms with E-state index in [0.29, 0.717) is 5.15 Å². The van der Waals surface area contributed by atoms with Gasteiger partial charge in [-0.2, -0.15) is 0 Å². The van der Waals surface area contributed by atoms with Crippen molar-refractivity contribution < 1.29 is 0 Å². The third-order valence-electron chi connectivity index (χ3n) is 0.883. The van der Waals surface area contributed by atoms with Gasteiger partial charge in [0.25, 0.3) is 0 Å². The van der Waals surface area contributed by atoms with E-state index in [1.165, 1.54) is 11.3 Å². The highest BCUT2D eigenvalue weighted by molar-refractivity contribution is 7.10. The van der Waals surface area contributed by atoms with Crippen molar-refractivity contribution in [3.8, 4) is 0 Å². The summed E-state index contributed by atoms with van der Waals surface area (Å²) in [6, 6.07) is 0.00231. The normalized spacial score (nSPS) is 13.7. The fourth-order valence-electron chi connectivity index (χ4n) is 0.476. The van der Waals surface area contributed by atoms with E-state index in [4.69, 9.17) is 17.3 Å². The molecule has 0 unspecified atom stereocenters. The first-order chi connectivity index (χ1) is 4.20. The Morgan fingerprint density at radius 3 is 2.78 bits per heavy atom. The van der Waals surface area contributed by atoms with Crippen molar-refractivity contribution in [3.63, 3.8) is 0 Å². The van der Waals surface area contributed by atoms with Crippen molar-refractivity contribution >= 4 is 22.9 Å². The fraction of sp³-hybridized carbons (Fsp3) is 0.400. The van der Waals surface area contributed by atoms with E-state index in [2.05, 4.69) is 4.98 Å². The highest BCUT2D eigenvalue weighted by Crippen LogP contribution is 2.18. The van der Waals surface area contributed by atoms with Gasteiger partial charge in [-0.05, 0) is 6.92 Å². The second kappa shape index (κ2) is 2.64. The molecule has 1 aromatic heterocycles. The summed E-state index contributed by atoms with van der Waals surface area (Å²) in [6.07, 6.45) is 0. The minimum absolute atomic E-state index is 0.00231. The van der Waals surface area contributed by atoms with Crippen LogP contribution >= 0.6 is 22.9 Å². The van der Waals surface area contributed by atoms with Crippen molar-refractivity contribution in [2.45, 2.75) is 13.0 Å². The van der Waals surface area contributed by atoms with Crippen LogP contribution in [0.2, 0.25) is 5.15 Å². The van der Waals surface area contributed by atoms with Crippen LogP contribution in [-0.2, 0) is 0 Å². The highest BCUT2D eigenvalue weighted by atomic mass is 35.5. The van der Waals surface area contributed by atoms with Gasteiger partial charge in [-0.15, -0.1) is 11.3 Å². The fourth-order valence-corrected chi connectivity index (χ4v) is 1.39. The van der Waals surface area contributed by atoms with Crippen LogP contribution in [0.3, 0.4) is 0 Å². The second-order valence-electron chi connectivity index (χ2n) is 1.80. The number of thiazole rings is 1. The van der Waals surface area contributed by atoms with Crippen LogP contribution in [0.4, 0.5) is 0 Å². The van der Waals surface area contributed by atoms with E-state index in [9.17, 15) is 0 Å². The molecule has 0 bridgehead atoms. The Kier molecular flexibility index (Phi) is 2.05. The third-order valence-corrected chi connectivity index (χ3v) is 2.25. The largest absolute Gasteiger partial charge is 0.322 e. The predicted octanol–water partition coefficient (Wildman–Crippen LogP) is 1.82. The number of nitrogens with two attached hydrogens (primary N) is 1. The van der Waals surface area contributed by atoms with Crippen molar-refractivity contribution in [2.24, 2.45) is 5.73 Å². The number of hydrogen-bond acceptors (Lipinski definition) is 3. The van der Waals surface area contributed by atoms with Gasteiger partial charge in [0, 0.05) is 5.38 Å². The zero-order valence-corrected chi connectivity index (χ0v) is 6.54. The first-order valence-electron chi connectivity index (χ1n) is 2.56. The molecule has 9 heavy (non-hydrogen) atoms. The number of halogens is 1. The summed E-state index contributed by atoms with van der Waals surface area (Å²) in [6.45, 7) is 1.88. The van der Waals surface area contributed by atoms with Crippen LogP contribution in [0, 0.1) is 0 Å². The SMILES string of the molecule is C[C@H](N)c1nc(Cl)cs1. The van der Waals surface area contributed by atoms with Gasteiger partial charge in [0.2, 0.25) is 0 Å². The molecular weight excluding hydrogens is 156 g/mol. The summed E-state index contributed by atoms with van der Waals surface area (Å²) in [7, 11) is 0. The minimum Gasteiger partial charge on any atom is -0.322 e. The molecular formula is C5H7ClN2S. The Labute approximate surface area is 62.7 Å². The molecule has 4 heteroatoms. The standard InChI is InChI=1S/C5H7ClN2S/c1-3(7)5-8-4(6)2-9-5/h2-3H,7H2,1H3/t3-/m0/s1. The van der Waals surface area contributed by atoms with Crippen molar-refractivity contribution in [1.82, 2.24) is 4.98 Å². The molecule has 0 saturated carbocycles. The van der Waals surface area contributed by atoms with Gasteiger partial charge in [-0.25, -0.2) is 4.98 Å². The highest BCUT2D eigenvalue weighted by Gasteiger charge is 2.02. The average molecular weight is 163 g/mol. The Morgan fingerprint density at radius 2 is 2.56 bits per heavy atom. The zero-order chi connectivity index (χ0) is 6.85. The molecule has 1 rings (SSSR count). The van der Waals surface area contributed by atoms with E-state index in [-0.39, 0.29) is 6.04 Å². The quantitative estimate of drug-likeness (QED) is 0.684. The van der Waals surface area contributed by atoms with E-state index >= 15 is 0 Å². The molecule has 0 aliphatic carbocycles. The lowest BCUT2D eigenvalue weighted by molar-refractivity contribution is 0.807. The average Bonchev–Trinajstić information content (AvgIpc) is 2.14. The summed E-state index contributed by atoms with van der Waals surface area (Å²) >= 11 is 7.04. The summed E-state index contributed by atoms with van der Waals surface area (Å²) in [4.78, 5) is 3.97. The van der Waals surface area contributed by atoms with Crippen LogP contribution in [0.1, 0.15) is 18.0 Å². The molecule has 50 valence electrons. The van der Waals surface area contributed by atoms with Gasteiger partial charge in [-0.3, -0.25) is 0 Å². The molecule has 2 nitrogen and oxygen atoms in total. The Morgan fingerprint density at radius 1 is 1.89 bits per heavy atom. The molecule has 1 atom stereocenters. The van der Waals surface area contributed by atoms with E-state index < -0.39 is 0 Å². The Hall–Kier alpha value is -0.120. The van der Waals surface area contributed by atoms with E-state index in [1.807, 2.05) is 6.92 Å². The first-order valence-corrected chi connectivity index (χ1v) is 3.82. The molecule has 2 N–H and O–H groups in total. The third kappa shape index (κ3) is 1.64. The number of nitrogens with zero attached hydrogens (tertiary/aromatic N) is 1.